The zero-order valence-electron chi connectivity index (χ0n) is 10.2. The molecule has 1 aromatic rings. The fourth-order valence-electron chi connectivity index (χ4n) is 1.52. The van der Waals surface area contributed by atoms with Crippen molar-refractivity contribution in [2.24, 2.45) is 0 Å². The molecule has 0 saturated carbocycles. The highest BCUT2D eigenvalue weighted by Gasteiger charge is 2.20. The predicted molar refractivity (Wildman–Crippen MR) is 65.1 cm³/mol. The zero-order valence-corrected chi connectivity index (χ0v) is 11.1. The van der Waals surface area contributed by atoms with Gasteiger partial charge in [-0.2, -0.15) is 0 Å². The zero-order chi connectivity index (χ0) is 13.9. The van der Waals surface area contributed by atoms with Crippen LogP contribution in [-0.4, -0.2) is 25.2 Å². The Balaban J connectivity index is 3.31. The Labute approximate surface area is 105 Å². The molecule has 4 nitrogen and oxygen atoms in total. The van der Waals surface area contributed by atoms with Gasteiger partial charge in [0.25, 0.3) is 0 Å². The Morgan fingerprint density at radius 1 is 1.39 bits per heavy atom. The number of rotatable bonds is 5. The third-order valence-electron chi connectivity index (χ3n) is 2.58. The fourth-order valence-corrected chi connectivity index (χ4v) is 3.08. The third-order valence-corrected chi connectivity index (χ3v) is 4.36. The molecule has 0 aliphatic rings. The van der Waals surface area contributed by atoms with E-state index in [1.165, 1.54) is 13.0 Å². The molecule has 1 rings (SSSR count). The number of hydrogen-bond acceptors (Lipinski definition) is 3. The van der Waals surface area contributed by atoms with Gasteiger partial charge in [0.05, 0.1) is 16.2 Å². The lowest BCUT2D eigenvalue weighted by Crippen LogP contribution is -2.10. The first-order valence-corrected chi connectivity index (χ1v) is 7.21. The second-order valence-corrected chi connectivity index (χ2v) is 6.19. The summed E-state index contributed by atoms with van der Waals surface area (Å²) in [6.07, 6.45) is 1.20. The number of sulfone groups is 1. The van der Waals surface area contributed by atoms with Gasteiger partial charge in [-0.3, -0.25) is 0 Å². The predicted octanol–water partition coefficient (Wildman–Crippen LogP) is 2.41. The van der Waals surface area contributed by atoms with E-state index in [-0.39, 0.29) is 16.2 Å². The Bertz CT molecular complexity index is 564. The minimum atomic E-state index is -3.55. The molecule has 0 saturated heterocycles. The van der Waals surface area contributed by atoms with Crippen molar-refractivity contribution in [3.63, 3.8) is 0 Å². The van der Waals surface area contributed by atoms with Crippen molar-refractivity contribution < 1.29 is 22.7 Å². The minimum absolute atomic E-state index is 0.0185. The van der Waals surface area contributed by atoms with Crippen LogP contribution in [0.25, 0.3) is 0 Å². The van der Waals surface area contributed by atoms with Crippen LogP contribution in [0, 0.1) is 12.7 Å². The van der Waals surface area contributed by atoms with Crippen LogP contribution in [0.5, 0.6) is 0 Å². The van der Waals surface area contributed by atoms with Gasteiger partial charge < -0.3 is 5.11 Å². The molecule has 0 unspecified atom stereocenters. The average molecular weight is 274 g/mol. The second kappa shape index (κ2) is 5.48. The van der Waals surface area contributed by atoms with Crippen LogP contribution in [0.3, 0.4) is 0 Å². The van der Waals surface area contributed by atoms with Crippen molar-refractivity contribution in [1.82, 2.24) is 0 Å². The van der Waals surface area contributed by atoms with E-state index in [9.17, 15) is 17.6 Å². The summed E-state index contributed by atoms with van der Waals surface area (Å²) >= 11 is 0. The number of aryl methyl sites for hydroxylation is 1. The molecule has 1 aromatic carbocycles. The molecule has 100 valence electrons. The number of halogens is 1. The number of carboxylic acids is 1. The lowest BCUT2D eigenvalue weighted by molar-refractivity contribution is 0.0691. The van der Waals surface area contributed by atoms with Crippen LogP contribution in [0.4, 0.5) is 4.39 Å². The molecule has 0 spiro atoms. The molecule has 0 heterocycles. The average Bonchev–Trinajstić information content (AvgIpc) is 2.29. The normalized spacial score (nSPS) is 11.5. The van der Waals surface area contributed by atoms with Crippen molar-refractivity contribution in [3.8, 4) is 0 Å². The first-order valence-electron chi connectivity index (χ1n) is 5.55. The van der Waals surface area contributed by atoms with Gasteiger partial charge in [-0.1, -0.05) is 13.3 Å². The fraction of sp³-hybridized carbons (Fsp3) is 0.417. The van der Waals surface area contributed by atoms with Crippen LogP contribution in [-0.2, 0) is 9.84 Å². The van der Waals surface area contributed by atoms with E-state index in [4.69, 9.17) is 5.11 Å². The van der Waals surface area contributed by atoms with Crippen molar-refractivity contribution in [2.45, 2.75) is 31.6 Å². The van der Waals surface area contributed by atoms with Crippen molar-refractivity contribution in [2.75, 3.05) is 5.75 Å². The van der Waals surface area contributed by atoms with Gasteiger partial charge in [0, 0.05) is 0 Å². The quantitative estimate of drug-likeness (QED) is 0.837. The number of hydrogen-bond donors (Lipinski definition) is 1. The maximum atomic E-state index is 13.5. The molecule has 0 aliphatic carbocycles. The van der Waals surface area contributed by atoms with Crippen LogP contribution < -0.4 is 0 Å². The molecule has 0 fully saturated rings. The van der Waals surface area contributed by atoms with Crippen molar-refractivity contribution >= 4 is 15.8 Å². The van der Waals surface area contributed by atoms with Gasteiger partial charge in [0.15, 0.2) is 9.84 Å². The Morgan fingerprint density at radius 3 is 2.50 bits per heavy atom. The van der Waals surface area contributed by atoms with E-state index >= 15 is 0 Å². The largest absolute Gasteiger partial charge is 0.478 e. The molecule has 0 amide bonds. The lowest BCUT2D eigenvalue weighted by Gasteiger charge is -2.08. The number of carboxylic acid groups (broad SMARTS) is 1. The van der Waals surface area contributed by atoms with Gasteiger partial charge in [0.1, 0.15) is 5.82 Å². The highest BCUT2D eigenvalue weighted by atomic mass is 32.2. The molecule has 18 heavy (non-hydrogen) atoms. The third kappa shape index (κ3) is 3.07. The molecule has 1 N–H and O–H groups in total. The molecular formula is C12H15FO4S. The summed E-state index contributed by atoms with van der Waals surface area (Å²) in [5.41, 5.74) is -0.588. The lowest BCUT2D eigenvalue weighted by atomic mass is 10.1. The van der Waals surface area contributed by atoms with Gasteiger partial charge >= 0.3 is 5.97 Å². The highest BCUT2D eigenvalue weighted by molar-refractivity contribution is 7.91. The summed E-state index contributed by atoms with van der Waals surface area (Å²) in [4.78, 5) is 10.7. The molecule has 0 aromatic heterocycles. The number of carbonyl (C=O) groups is 1. The SMILES string of the molecule is CCCCS(=O)(=O)c1cc(C)c(F)c(C(=O)O)c1. The Hall–Kier alpha value is -1.43. The summed E-state index contributed by atoms with van der Waals surface area (Å²) in [7, 11) is -3.55. The van der Waals surface area contributed by atoms with Crippen LogP contribution >= 0.6 is 0 Å². The Morgan fingerprint density at radius 2 is 2.00 bits per heavy atom. The molecule has 0 atom stereocenters. The monoisotopic (exact) mass is 274 g/mol. The topological polar surface area (TPSA) is 71.4 Å². The van der Waals surface area contributed by atoms with E-state index in [1.807, 2.05) is 6.92 Å². The number of aromatic carboxylic acids is 1. The van der Waals surface area contributed by atoms with E-state index in [0.717, 1.165) is 6.07 Å². The summed E-state index contributed by atoms with van der Waals surface area (Å²) in [6, 6.07) is 2.06. The minimum Gasteiger partial charge on any atom is -0.478 e. The summed E-state index contributed by atoms with van der Waals surface area (Å²) < 4.78 is 37.3. The maximum absolute atomic E-state index is 13.5. The number of unbranched alkanes of at least 4 members (excludes halogenated alkanes) is 1. The van der Waals surface area contributed by atoms with Crippen molar-refractivity contribution in [3.05, 3.63) is 29.1 Å². The van der Waals surface area contributed by atoms with Crippen LogP contribution in [0.15, 0.2) is 17.0 Å². The Kier molecular flexibility index (Phi) is 4.45. The van der Waals surface area contributed by atoms with E-state index in [2.05, 4.69) is 0 Å². The smallest absolute Gasteiger partial charge is 0.338 e. The molecule has 0 bridgehead atoms. The van der Waals surface area contributed by atoms with E-state index in [0.29, 0.717) is 12.8 Å². The van der Waals surface area contributed by atoms with Crippen LogP contribution in [0.1, 0.15) is 35.7 Å². The van der Waals surface area contributed by atoms with Gasteiger partial charge in [-0.05, 0) is 31.0 Å². The van der Waals surface area contributed by atoms with Gasteiger partial charge in [0.2, 0.25) is 0 Å². The first-order chi connectivity index (χ1) is 8.29. The maximum Gasteiger partial charge on any atom is 0.338 e. The molecule has 6 heteroatoms. The highest BCUT2D eigenvalue weighted by Crippen LogP contribution is 2.21. The number of benzene rings is 1. The molecule has 0 aliphatic heterocycles. The first kappa shape index (κ1) is 14.6. The summed E-state index contributed by atoms with van der Waals surface area (Å²) in [6.45, 7) is 3.20. The second-order valence-electron chi connectivity index (χ2n) is 4.08. The standard InChI is InChI=1S/C12H15FO4S/c1-3-4-5-18(16,17)9-6-8(2)11(13)10(7-9)12(14)15/h6-7H,3-5H2,1-2H3,(H,14,15). The van der Waals surface area contributed by atoms with E-state index < -0.39 is 27.2 Å². The van der Waals surface area contributed by atoms with Gasteiger partial charge in [-0.15, -0.1) is 0 Å². The summed E-state index contributed by atoms with van der Waals surface area (Å²) in [5, 5.41) is 8.82. The van der Waals surface area contributed by atoms with Crippen molar-refractivity contribution in [1.29, 1.82) is 0 Å². The van der Waals surface area contributed by atoms with Gasteiger partial charge in [-0.25, -0.2) is 17.6 Å². The molecular weight excluding hydrogens is 259 g/mol. The van der Waals surface area contributed by atoms with Crippen LogP contribution in [0.2, 0.25) is 0 Å². The summed E-state index contributed by atoms with van der Waals surface area (Å²) in [5.74, 6) is -2.42. The van der Waals surface area contributed by atoms with E-state index in [1.54, 1.807) is 0 Å². The molecule has 0 radical (unpaired) electrons.